The lowest BCUT2D eigenvalue weighted by Crippen LogP contribution is -2.34. The second-order valence-electron chi connectivity index (χ2n) is 6.51. The Morgan fingerprint density at radius 2 is 1.89 bits per heavy atom. The zero-order valence-electron chi connectivity index (χ0n) is 15.3. The highest BCUT2D eigenvalue weighted by Gasteiger charge is 2.23. The maximum atomic E-state index is 12.8. The number of aromatic amines is 1. The SMILES string of the molecule is Cc1cc2nc([C@@H](C)NC(=O)[C@@H](C)n3nc(C(F)F)cc3C)cc(=O)n2[nH]1. The molecule has 0 fully saturated rings. The first-order chi connectivity index (χ1) is 12.7. The van der Waals surface area contributed by atoms with Crippen molar-refractivity contribution in [1.82, 2.24) is 29.7 Å². The molecule has 0 spiro atoms. The number of alkyl halides is 2. The van der Waals surface area contributed by atoms with E-state index in [4.69, 9.17) is 0 Å². The molecule has 27 heavy (non-hydrogen) atoms. The van der Waals surface area contributed by atoms with Gasteiger partial charge >= 0.3 is 0 Å². The van der Waals surface area contributed by atoms with Crippen LogP contribution in [0.3, 0.4) is 0 Å². The van der Waals surface area contributed by atoms with Crippen LogP contribution < -0.4 is 10.9 Å². The van der Waals surface area contributed by atoms with Crippen molar-refractivity contribution >= 4 is 11.6 Å². The minimum absolute atomic E-state index is 0.290. The molecule has 0 radical (unpaired) electrons. The van der Waals surface area contributed by atoms with Crippen molar-refractivity contribution in [1.29, 1.82) is 0 Å². The number of nitrogens with one attached hydrogen (secondary N) is 2. The molecule has 0 saturated heterocycles. The number of hydrogen-bond donors (Lipinski definition) is 2. The summed E-state index contributed by atoms with van der Waals surface area (Å²) >= 11 is 0. The quantitative estimate of drug-likeness (QED) is 0.711. The second kappa shape index (κ2) is 6.93. The molecule has 0 bridgehead atoms. The van der Waals surface area contributed by atoms with Gasteiger partial charge in [-0.15, -0.1) is 0 Å². The third-order valence-corrected chi connectivity index (χ3v) is 4.31. The molecule has 0 aromatic carbocycles. The predicted octanol–water partition coefficient (Wildman–Crippen LogP) is 2.21. The van der Waals surface area contributed by atoms with E-state index in [0.717, 1.165) is 5.69 Å². The molecule has 2 atom stereocenters. The molecule has 3 heterocycles. The van der Waals surface area contributed by atoms with Crippen LogP contribution in [0.4, 0.5) is 8.78 Å². The van der Waals surface area contributed by atoms with Gasteiger partial charge in [0.05, 0.1) is 11.7 Å². The highest BCUT2D eigenvalue weighted by molar-refractivity contribution is 5.80. The van der Waals surface area contributed by atoms with Gasteiger partial charge < -0.3 is 5.32 Å². The van der Waals surface area contributed by atoms with Gasteiger partial charge in [-0.2, -0.15) is 5.10 Å². The number of carbonyl (C=O) groups is 1. The topological polar surface area (TPSA) is 97.1 Å². The van der Waals surface area contributed by atoms with Crippen molar-refractivity contribution in [2.75, 3.05) is 0 Å². The molecule has 0 saturated carbocycles. The Morgan fingerprint density at radius 3 is 2.52 bits per heavy atom. The molecule has 1 amide bonds. The molecular weight excluding hydrogens is 358 g/mol. The van der Waals surface area contributed by atoms with Gasteiger partial charge in [-0.25, -0.2) is 18.3 Å². The number of nitrogens with zero attached hydrogens (tertiary/aromatic N) is 4. The summed E-state index contributed by atoms with van der Waals surface area (Å²) in [6.07, 6.45) is -2.70. The number of hydrogen-bond acceptors (Lipinski definition) is 4. The average molecular weight is 378 g/mol. The second-order valence-corrected chi connectivity index (χ2v) is 6.51. The smallest absolute Gasteiger partial charge is 0.282 e. The summed E-state index contributed by atoms with van der Waals surface area (Å²) in [6.45, 7) is 6.68. The van der Waals surface area contributed by atoms with Gasteiger partial charge in [-0.1, -0.05) is 0 Å². The van der Waals surface area contributed by atoms with E-state index in [-0.39, 0.29) is 11.3 Å². The third kappa shape index (κ3) is 3.60. The standard InChI is InChI=1S/C17H20F2N6O2/c1-8-5-14-21-12(7-15(26)25(14)22-8)10(3)20-17(27)11(4)24-9(2)6-13(23-24)16(18)19/h5-7,10-11,16,22H,1-4H3,(H,20,27)/t10-,11-/m1/s1. The summed E-state index contributed by atoms with van der Waals surface area (Å²) in [4.78, 5) is 29.1. The van der Waals surface area contributed by atoms with E-state index < -0.39 is 24.4 Å². The van der Waals surface area contributed by atoms with E-state index in [1.807, 2.05) is 0 Å². The summed E-state index contributed by atoms with van der Waals surface area (Å²) < 4.78 is 28.2. The van der Waals surface area contributed by atoms with Gasteiger partial charge in [-0.05, 0) is 33.8 Å². The van der Waals surface area contributed by atoms with E-state index in [9.17, 15) is 18.4 Å². The lowest BCUT2D eigenvalue weighted by atomic mass is 10.2. The fourth-order valence-corrected chi connectivity index (χ4v) is 2.88. The van der Waals surface area contributed by atoms with Crippen LogP contribution in [-0.2, 0) is 4.79 Å². The number of H-pyrrole nitrogens is 1. The number of aryl methyl sites for hydroxylation is 2. The zero-order valence-corrected chi connectivity index (χ0v) is 15.3. The summed E-state index contributed by atoms with van der Waals surface area (Å²) in [7, 11) is 0. The number of fused-ring (bicyclic) bond motifs is 1. The van der Waals surface area contributed by atoms with Crippen LogP contribution in [0.2, 0.25) is 0 Å². The monoisotopic (exact) mass is 378 g/mol. The molecular formula is C17H20F2N6O2. The fourth-order valence-electron chi connectivity index (χ4n) is 2.88. The molecule has 0 aliphatic carbocycles. The number of aromatic nitrogens is 5. The Hall–Kier alpha value is -3.04. The number of halogens is 2. The maximum Gasteiger partial charge on any atom is 0.282 e. The van der Waals surface area contributed by atoms with Crippen LogP contribution in [0.15, 0.2) is 23.0 Å². The minimum atomic E-state index is -2.70. The number of amides is 1. The van der Waals surface area contributed by atoms with E-state index >= 15 is 0 Å². The van der Waals surface area contributed by atoms with Crippen LogP contribution in [-0.4, -0.2) is 30.3 Å². The molecule has 8 nitrogen and oxygen atoms in total. The first-order valence-corrected chi connectivity index (χ1v) is 8.41. The number of carbonyl (C=O) groups excluding carboxylic acids is 1. The van der Waals surface area contributed by atoms with Crippen LogP contribution in [0.25, 0.3) is 5.65 Å². The number of rotatable bonds is 5. The van der Waals surface area contributed by atoms with E-state index in [1.54, 1.807) is 33.8 Å². The Balaban J connectivity index is 1.80. The first-order valence-electron chi connectivity index (χ1n) is 8.41. The van der Waals surface area contributed by atoms with Crippen molar-refractivity contribution in [3.05, 3.63) is 51.3 Å². The summed E-state index contributed by atoms with van der Waals surface area (Å²) in [6, 6.07) is 2.98. The molecule has 10 heteroatoms. The van der Waals surface area contributed by atoms with E-state index in [2.05, 4.69) is 20.5 Å². The van der Waals surface area contributed by atoms with Crippen molar-refractivity contribution < 1.29 is 13.6 Å². The van der Waals surface area contributed by atoms with Crippen molar-refractivity contribution in [2.45, 2.75) is 46.2 Å². The summed E-state index contributed by atoms with van der Waals surface area (Å²) in [5, 5.41) is 9.42. The van der Waals surface area contributed by atoms with Crippen molar-refractivity contribution in [2.24, 2.45) is 0 Å². The van der Waals surface area contributed by atoms with Crippen LogP contribution >= 0.6 is 0 Å². The average Bonchev–Trinajstić information content (AvgIpc) is 3.16. The lowest BCUT2D eigenvalue weighted by Gasteiger charge is -2.18. The molecule has 3 aromatic rings. The van der Waals surface area contributed by atoms with Crippen molar-refractivity contribution in [3.8, 4) is 0 Å². The van der Waals surface area contributed by atoms with Gasteiger partial charge in [0.2, 0.25) is 5.91 Å². The fraction of sp³-hybridized carbons (Fsp3) is 0.412. The van der Waals surface area contributed by atoms with Gasteiger partial charge in [0.25, 0.3) is 12.0 Å². The van der Waals surface area contributed by atoms with E-state index in [1.165, 1.54) is 21.3 Å². The summed E-state index contributed by atoms with van der Waals surface area (Å²) in [5.41, 5.74) is 1.44. The largest absolute Gasteiger partial charge is 0.346 e. The Labute approximate surface area is 153 Å². The van der Waals surface area contributed by atoms with Crippen LogP contribution in [0, 0.1) is 13.8 Å². The molecule has 3 aromatic heterocycles. The van der Waals surface area contributed by atoms with Gasteiger partial charge in [0.15, 0.2) is 5.65 Å². The molecule has 0 unspecified atom stereocenters. The maximum absolute atomic E-state index is 12.8. The molecule has 0 aliphatic heterocycles. The predicted molar refractivity (Wildman–Crippen MR) is 93.7 cm³/mol. The highest BCUT2D eigenvalue weighted by Crippen LogP contribution is 2.21. The Morgan fingerprint density at radius 1 is 1.19 bits per heavy atom. The Bertz CT molecular complexity index is 1050. The van der Waals surface area contributed by atoms with Crippen LogP contribution in [0.1, 0.15) is 55.1 Å². The molecule has 2 N–H and O–H groups in total. The summed E-state index contributed by atoms with van der Waals surface area (Å²) in [5.74, 6) is -0.415. The van der Waals surface area contributed by atoms with Crippen molar-refractivity contribution in [3.63, 3.8) is 0 Å². The van der Waals surface area contributed by atoms with Gasteiger partial charge in [0, 0.05) is 23.5 Å². The van der Waals surface area contributed by atoms with E-state index in [0.29, 0.717) is 17.0 Å². The molecule has 144 valence electrons. The Kier molecular flexibility index (Phi) is 4.81. The normalized spacial score (nSPS) is 13.9. The molecule has 0 aliphatic rings. The van der Waals surface area contributed by atoms with Gasteiger partial charge in [-0.3, -0.25) is 19.4 Å². The zero-order chi connectivity index (χ0) is 19.9. The van der Waals surface area contributed by atoms with Gasteiger partial charge in [0.1, 0.15) is 11.7 Å². The lowest BCUT2D eigenvalue weighted by molar-refractivity contribution is -0.124. The minimum Gasteiger partial charge on any atom is -0.346 e. The third-order valence-electron chi connectivity index (χ3n) is 4.31. The highest BCUT2D eigenvalue weighted by atomic mass is 19.3. The molecule has 3 rings (SSSR count). The first kappa shape index (κ1) is 18.7. The van der Waals surface area contributed by atoms with Crippen LogP contribution in [0.5, 0.6) is 0 Å².